The summed E-state index contributed by atoms with van der Waals surface area (Å²) in [5, 5.41) is 7.52. The fraction of sp³-hybridized carbons (Fsp3) is 0.429. The van der Waals surface area contributed by atoms with Crippen molar-refractivity contribution in [3.05, 3.63) is 18.0 Å². The molecule has 3 heteroatoms. The molecule has 0 saturated heterocycles. The van der Waals surface area contributed by atoms with Crippen LogP contribution in [0.5, 0.6) is 5.75 Å². The molecule has 0 aliphatic heterocycles. The molecule has 0 aliphatic rings. The van der Waals surface area contributed by atoms with E-state index in [9.17, 15) is 0 Å². The van der Waals surface area contributed by atoms with E-state index < -0.39 is 0 Å². The van der Waals surface area contributed by atoms with Crippen LogP contribution in [0.3, 0.4) is 0 Å². The van der Waals surface area contributed by atoms with E-state index in [1.807, 2.05) is 19.9 Å². The molecule has 54 valence electrons. The lowest BCUT2D eigenvalue weighted by molar-refractivity contribution is 0.337. The van der Waals surface area contributed by atoms with E-state index in [-0.39, 0.29) is 0 Å². The minimum absolute atomic E-state index is 0.672. The lowest BCUT2D eigenvalue weighted by Gasteiger charge is -2.00. The molecule has 0 fully saturated rings. The van der Waals surface area contributed by atoms with E-state index in [0.717, 1.165) is 11.4 Å². The van der Waals surface area contributed by atoms with Gasteiger partial charge in [-0.15, -0.1) is 0 Å². The van der Waals surface area contributed by atoms with Crippen LogP contribution < -0.4 is 4.74 Å². The van der Waals surface area contributed by atoms with Crippen molar-refractivity contribution in [1.82, 2.24) is 10.2 Å². The summed E-state index contributed by atoms with van der Waals surface area (Å²) in [6.45, 7) is 4.50. The molecule has 1 aromatic rings. The standard InChI is InChI=1S/C7H10N2O/c1-3-10-7-4-6(2)9-8-5-7/h4-5H,3H2,1-2H3. The monoisotopic (exact) mass is 138 g/mol. The first-order valence-electron chi connectivity index (χ1n) is 3.25. The molecule has 0 atom stereocenters. The highest BCUT2D eigenvalue weighted by Crippen LogP contribution is 2.07. The number of hydrogen-bond donors (Lipinski definition) is 0. The van der Waals surface area contributed by atoms with Crippen molar-refractivity contribution in [2.24, 2.45) is 0 Å². The molecule has 1 heterocycles. The zero-order valence-corrected chi connectivity index (χ0v) is 6.16. The third-order valence-corrected chi connectivity index (χ3v) is 1.06. The summed E-state index contributed by atoms with van der Waals surface area (Å²) in [7, 11) is 0. The summed E-state index contributed by atoms with van der Waals surface area (Å²) in [5.74, 6) is 0.787. The van der Waals surface area contributed by atoms with E-state index in [4.69, 9.17) is 4.74 Å². The van der Waals surface area contributed by atoms with E-state index in [2.05, 4.69) is 10.2 Å². The Bertz CT molecular complexity index is 213. The molecular formula is C7H10N2O. The predicted molar refractivity (Wildman–Crippen MR) is 37.9 cm³/mol. The maximum atomic E-state index is 5.18. The summed E-state index contributed by atoms with van der Waals surface area (Å²) in [6.07, 6.45) is 1.61. The molecule has 10 heavy (non-hydrogen) atoms. The quantitative estimate of drug-likeness (QED) is 0.615. The molecule has 3 nitrogen and oxygen atoms in total. The third-order valence-electron chi connectivity index (χ3n) is 1.06. The third kappa shape index (κ3) is 1.69. The molecule has 1 rings (SSSR count). The number of aryl methyl sites for hydroxylation is 1. The Hall–Kier alpha value is -1.12. The number of aromatic nitrogens is 2. The van der Waals surface area contributed by atoms with Gasteiger partial charge in [0.05, 0.1) is 18.5 Å². The van der Waals surface area contributed by atoms with Gasteiger partial charge in [0.15, 0.2) is 0 Å². The van der Waals surface area contributed by atoms with Crippen molar-refractivity contribution in [3.63, 3.8) is 0 Å². The summed E-state index contributed by atoms with van der Waals surface area (Å²) in [6, 6.07) is 1.86. The Labute approximate surface area is 60.0 Å². The van der Waals surface area contributed by atoms with E-state index in [1.54, 1.807) is 6.20 Å². The topological polar surface area (TPSA) is 35.0 Å². The normalized spacial score (nSPS) is 9.40. The van der Waals surface area contributed by atoms with Crippen LogP contribution in [-0.2, 0) is 0 Å². The van der Waals surface area contributed by atoms with Gasteiger partial charge in [0, 0.05) is 6.07 Å². The number of hydrogen-bond acceptors (Lipinski definition) is 3. The van der Waals surface area contributed by atoms with Gasteiger partial charge in [-0.25, -0.2) is 0 Å². The number of ether oxygens (including phenoxy) is 1. The summed E-state index contributed by atoms with van der Waals surface area (Å²) < 4.78 is 5.18. The molecule has 0 N–H and O–H groups in total. The zero-order valence-electron chi connectivity index (χ0n) is 6.16. The van der Waals surface area contributed by atoms with Crippen LogP contribution in [0.2, 0.25) is 0 Å². The summed E-state index contributed by atoms with van der Waals surface area (Å²) in [5.41, 5.74) is 0.881. The maximum Gasteiger partial charge on any atom is 0.141 e. The van der Waals surface area contributed by atoms with Crippen molar-refractivity contribution in [1.29, 1.82) is 0 Å². The molecule has 0 spiro atoms. The van der Waals surface area contributed by atoms with Crippen LogP contribution in [0.4, 0.5) is 0 Å². The lowest BCUT2D eigenvalue weighted by Crippen LogP contribution is -1.94. The molecule has 0 aliphatic carbocycles. The molecular weight excluding hydrogens is 128 g/mol. The molecule has 0 saturated carbocycles. The van der Waals surface area contributed by atoms with Gasteiger partial charge >= 0.3 is 0 Å². The molecule has 0 bridgehead atoms. The van der Waals surface area contributed by atoms with Crippen LogP contribution in [0, 0.1) is 6.92 Å². The first kappa shape index (κ1) is 6.99. The first-order valence-corrected chi connectivity index (χ1v) is 3.25. The summed E-state index contributed by atoms with van der Waals surface area (Å²) >= 11 is 0. The molecule has 1 aromatic heterocycles. The maximum absolute atomic E-state index is 5.18. The average molecular weight is 138 g/mol. The molecule has 0 amide bonds. The number of nitrogens with zero attached hydrogens (tertiary/aromatic N) is 2. The van der Waals surface area contributed by atoms with E-state index in [1.165, 1.54) is 0 Å². The second-order valence-corrected chi connectivity index (χ2v) is 1.97. The SMILES string of the molecule is CCOc1cnnc(C)c1. The van der Waals surface area contributed by atoms with E-state index in [0.29, 0.717) is 6.61 Å². The van der Waals surface area contributed by atoms with Crippen LogP contribution in [0.25, 0.3) is 0 Å². The van der Waals surface area contributed by atoms with Gasteiger partial charge in [-0.05, 0) is 13.8 Å². The Kier molecular flexibility index (Phi) is 2.20. The van der Waals surface area contributed by atoms with Crippen molar-refractivity contribution < 1.29 is 4.74 Å². The van der Waals surface area contributed by atoms with Crippen LogP contribution in [-0.4, -0.2) is 16.8 Å². The van der Waals surface area contributed by atoms with Crippen molar-refractivity contribution in [2.75, 3.05) is 6.61 Å². The minimum atomic E-state index is 0.672. The molecule has 0 aromatic carbocycles. The predicted octanol–water partition coefficient (Wildman–Crippen LogP) is 1.18. The first-order chi connectivity index (χ1) is 4.83. The summed E-state index contributed by atoms with van der Waals surface area (Å²) in [4.78, 5) is 0. The highest BCUT2D eigenvalue weighted by molar-refractivity contribution is 5.17. The fourth-order valence-corrected chi connectivity index (χ4v) is 0.694. The largest absolute Gasteiger partial charge is 0.492 e. The Morgan fingerprint density at radius 1 is 1.60 bits per heavy atom. The Balaban J connectivity index is 2.75. The van der Waals surface area contributed by atoms with Crippen molar-refractivity contribution in [3.8, 4) is 5.75 Å². The molecule has 0 radical (unpaired) electrons. The smallest absolute Gasteiger partial charge is 0.141 e. The highest BCUT2D eigenvalue weighted by Gasteiger charge is 1.91. The Morgan fingerprint density at radius 2 is 2.40 bits per heavy atom. The lowest BCUT2D eigenvalue weighted by atomic mass is 10.4. The minimum Gasteiger partial charge on any atom is -0.492 e. The number of rotatable bonds is 2. The molecule has 0 unspecified atom stereocenters. The van der Waals surface area contributed by atoms with Crippen LogP contribution >= 0.6 is 0 Å². The zero-order chi connectivity index (χ0) is 7.40. The van der Waals surface area contributed by atoms with Crippen LogP contribution in [0.1, 0.15) is 12.6 Å². The van der Waals surface area contributed by atoms with Gasteiger partial charge in [-0.2, -0.15) is 10.2 Å². The average Bonchev–Trinajstić information content (AvgIpc) is 1.88. The van der Waals surface area contributed by atoms with Gasteiger partial charge in [0.25, 0.3) is 0 Å². The van der Waals surface area contributed by atoms with Gasteiger partial charge in [0.2, 0.25) is 0 Å². The van der Waals surface area contributed by atoms with Crippen LogP contribution in [0.15, 0.2) is 12.3 Å². The van der Waals surface area contributed by atoms with Gasteiger partial charge < -0.3 is 4.74 Å². The second-order valence-electron chi connectivity index (χ2n) is 1.97. The van der Waals surface area contributed by atoms with Gasteiger partial charge in [-0.1, -0.05) is 0 Å². The highest BCUT2D eigenvalue weighted by atomic mass is 16.5. The Morgan fingerprint density at radius 3 is 3.00 bits per heavy atom. The van der Waals surface area contributed by atoms with E-state index >= 15 is 0 Å². The van der Waals surface area contributed by atoms with Crippen molar-refractivity contribution in [2.45, 2.75) is 13.8 Å². The fourth-order valence-electron chi connectivity index (χ4n) is 0.694. The van der Waals surface area contributed by atoms with Gasteiger partial charge in [-0.3, -0.25) is 0 Å². The second kappa shape index (κ2) is 3.15. The van der Waals surface area contributed by atoms with Crippen molar-refractivity contribution >= 4 is 0 Å². The van der Waals surface area contributed by atoms with Gasteiger partial charge in [0.1, 0.15) is 5.75 Å².